The van der Waals surface area contributed by atoms with E-state index in [1.807, 2.05) is 0 Å². The second kappa shape index (κ2) is 5.10. The molecule has 0 radical (unpaired) electrons. The molecule has 0 amide bonds. The van der Waals surface area contributed by atoms with Crippen molar-refractivity contribution in [3.05, 3.63) is 0 Å². The summed E-state index contributed by atoms with van der Waals surface area (Å²) in [6.45, 7) is 8.60. The van der Waals surface area contributed by atoms with Crippen molar-refractivity contribution < 1.29 is 4.74 Å². The molecule has 0 aromatic heterocycles. The van der Waals surface area contributed by atoms with Crippen molar-refractivity contribution in [2.75, 3.05) is 32.0 Å². The molecule has 12 heavy (non-hydrogen) atoms. The van der Waals surface area contributed by atoms with Gasteiger partial charge < -0.3 is 4.74 Å². The molecule has 0 aromatic carbocycles. The van der Waals surface area contributed by atoms with Crippen molar-refractivity contribution in [1.29, 1.82) is 0 Å². The van der Waals surface area contributed by atoms with E-state index in [0.29, 0.717) is 12.0 Å². The van der Waals surface area contributed by atoms with Crippen molar-refractivity contribution in [2.45, 2.75) is 20.0 Å². The van der Waals surface area contributed by atoms with Gasteiger partial charge in [-0.25, -0.2) is 0 Å². The van der Waals surface area contributed by atoms with Crippen LogP contribution in [0.25, 0.3) is 0 Å². The summed E-state index contributed by atoms with van der Waals surface area (Å²) in [6.07, 6.45) is 0.408. The standard InChI is InChI=1S/C9H19NOS/c1-8(7-12)5-10-3-4-11-9(2)6-10/h8-9,12H,3-7H2,1-2H3. The highest BCUT2D eigenvalue weighted by Crippen LogP contribution is 2.08. The lowest BCUT2D eigenvalue weighted by Gasteiger charge is -2.32. The summed E-state index contributed by atoms with van der Waals surface area (Å²) in [7, 11) is 0. The van der Waals surface area contributed by atoms with Gasteiger partial charge in [0.2, 0.25) is 0 Å². The number of hydrogen-bond acceptors (Lipinski definition) is 3. The first kappa shape index (κ1) is 10.4. The van der Waals surface area contributed by atoms with Gasteiger partial charge in [0.15, 0.2) is 0 Å². The number of rotatable bonds is 3. The fraction of sp³-hybridized carbons (Fsp3) is 1.00. The van der Waals surface area contributed by atoms with E-state index in [2.05, 4.69) is 31.4 Å². The Morgan fingerprint density at radius 3 is 3.00 bits per heavy atom. The Labute approximate surface area is 80.7 Å². The first-order valence-electron chi connectivity index (χ1n) is 4.67. The highest BCUT2D eigenvalue weighted by molar-refractivity contribution is 7.80. The summed E-state index contributed by atoms with van der Waals surface area (Å²) in [4.78, 5) is 2.47. The van der Waals surface area contributed by atoms with Gasteiger partial charge in [-0.05, 0) is 18.6 Å². The second-order valence-electron chi connectivity index (χ2n) is 3.73. The minimum absolute atomic E-state index is 0.408. The molecule has 2 atom stereocenters. The predicted octanol–water partition coefficient (Wildman–Crippen LogP) is 1.27. The summed E-state index contributed by atoms with van der Waals surface area (Å²) in [6, 6.07) is 0. The highest BCUT2D eigenvalue weighted by atomic mass is 32.1. The lowest BCUT2D eigenvalue weighted by atomic mass is 10.2. The number of hydrogen-bond donors (Lipinski definition) is 1. The maximum atomic E-state index is 5.46. The van der Waals surface area contributed by atoms with Crippen LogP contribution in [0, 0.1) is 5.92 Å². The van der Waals surface area contributed by atoms with E-state index in [0.717, 1.165) is 32.0 Å². The summed E-state index contributed by atoms with van der Waals surface area (Å²) in [5.41, 5.74) is 0. The fourth-order valence-corrected chi connectivity index (χ4v) is 1.67. The van der Waals surface area contributed by atoms with E-state index in [1.165, 1.54) is 0 Å². The van der Waals surface area contributed by atoms with Crippen LogP contribution >= 0.6 is 12.6 Å². The Kier molecular flexibility index (Phi) is 4.40. The SMILES string of the molecule is CC(CS)CN1CCOC(C)C1. The highest BCUT2D eigenvalue weighted by Gasteiger charge is 2.17. The summed E-state index contributed by atoms with van der Waals surface area (Å²) in [5, 5.41) is 0. The molecule has 72 valence electrons. The normalized spacial score (nSPS) is 28.8. The molecule has 0 saturated carbocycles. The van der Waals surface area contributed by atoms with Crippen molar-refractivity contribution in [1.82, 2.24) is 4.90 Å². The number of morpholine rings is 1. The Balaban J connectivity index is 2.22. The largest absolute Gasteiger partial charge is 0.376 e. The average Bonchev–Trinajstić information content (AvgIpc) is 2.04. The molecule has 1 aliphatic heterocycles. The van der Waals surface area contributed by atoms with Gasteiger partial charge in [-0.2, -0.15) is 12.6 Å². The molecule has 3 heteroatoms. The minimum Gasteiger partial charge on any atom is -0.376 e. The zero-order valence-electron chi connectivity index (χ0n) is 7.99. The molecule has 2 unspecified atom stereocenters. The maximum absolute atomic E-state index is 5.46. The summed E-state index contributed by atoms with van der Waals surface area (Å²) in [5.74, 6) is 1.67. The van der Waals surface area contributed by atoms with Crippen LogP contribution in [0.5, 0.6) is 0 Å². The monoisotopic (exact) mass is 189 g/mol. The van der Waals surface area contributed by atoms with Crippen LogP contribution in [0.1, 0.15) is 13.8 Å². The van der Waals surface area contributed by atoms with E-state index in [1.54, 1.807) is 0 Å². The minimum atomic E-state index is 0.408. The molecular formula is C9H19NOS. The second-order valence-corrected chi connectivity index (χ2v) is 4.09. The molecule has 0 bridgehead atoms. The van der Waals surface area contributed by atoms with Crippen molar-refractivity contribution >= 4 is 12.6 Å². The van der Waals surface area contributed by atoms with Crippen molar-refractivity contribution in [2.24, 2.45) is 5.92 Å². The van der Waals surface area contributed by atoms with Crippen LogP contribution in [-0.2, 0) is 4.74 Å². The quantitative estimate of drug-likeness (QED) is 0.671. The van der Waals surface area contributed by atoms with Gasteiger partial charge in [-0.1, -0.05) is 6.92 Å². The molecule has 1 aliphatic rings. The van der Waals surface area contributed by atoms with Crippen LogP contribution in [-0.4, -0.2) is 43.0 Å². The third kappa shape index (κ3) is 3.33. The molecule has 0 aliphatic carbocycles. The molecule has 1 fully saturated rings. The van der Waals surface area contributed by atoms with Crippen LogP contribution in [0.15, 0.2) is 0 Å². The van der Waals surface area contributed by atoms with E-state index in [4.69, 9.17) is 4.74 Å². The molecule has 0 spiro atoms. The van der Waals surface area contributed by atoms with Crippen LogP contribution in [0.4, 0.5) is 0 Å². The van der Waals surface area contributed by atoms with E-state index in [9.17, 15) is 0 Å². The van der Waals surface area contributed by atoms with Crippen molar-refractivity contribution in [3.8, 4) is 0 Å². The predicted molar refractivity (Wildman–Crippen MR) is 54.9 cm³/mol. The first-order valence-corrected chi connectivity index (χ1v) is 5.30. The van der Waals surface area contributed by atoms with Crippen LogP contribution in [0.3, 0.4) is 0 Å². The molecule has 1 saturated heterocycles. The van der Waals surface area contributed by atoms with Gasteiger partial charge in [-0.15, -0.1) is 0 Å². The molecule has 0 N–H and O–H groups in total. The van der Waals surface area contributed by atoms with E-state index in [-0.39, 0.29) is 0 Å². The zero-order chi connectivity index (χ0) is 8.97. The molecule has 0 aromatic rings. The zero-order valence-corrected chi connectivity index (χ0v) is 8.89. The van der Waals surface area contributed by atoms with Gasteiger partial charge in [-0.3, -0.25) is 4.90 Å². The summed E-state index contributed by atoms with van der Waals surface area (Å²) >= 11 is 4.28. The fourth-order valence-electron chi connectivity index (χ4n) is 1.55. The molecule has 1 rings (SSSR count). The third-order valence-electron chi connectivity index (χ3n) is 2.21. The number of thiol groups is 1. The number of nitrogens with zero attached hydrogens (tertiary/aromatic N) is 1. The smallest absolute Gasteiger partial charge is 0.0674 e. The average molecular weight is 189 g/mol. The topological polar surface area (TPSA) is 12.5 Å². The third-order valence-corrected chi connectivity index (χ3v) is 2.83. The van der Waals surface area contributed by atoms with Gasteiger partial charge in [0.25, 0.3) is 0 Å². The van der Waals surface area contributed by atoms with E-state index < -0.39 is 0 Å². The Bertz CT molecular complexity index is 132. The maximum Gasteiger partial charge on any atom is 0.0674 e. The Hall–Kier alpha value is 0.270. The molecule has 1 heterocycles. The van der Waals surface area contributed by atoms with E-state index >= 15 is 0 Å². The van der Waals surface area contributed by atoms with Gasteiger partial charge in [0, 0.05) is 19.6 Å². The van der Waals surface area contributed by atoms with Gasteiger partial charge in [0.05, 0.1) is 12.7 Å². The van der Waals surface area contributed by atoms with Crippen LogP contribution in [0.2, 0.25) is 0 Å². The van der Waals surface area contributed by atoms with Crippen molar-refractivity contribution in [3.63, 3.8) is 0 Å². The lowest BCUT2D eigenvalue weighted by Crippen LogP contribution is -2.43. The van der Waals surface area contributed by atoms with Gasteiger partial charge >= 0.3 is 0 Å². The Morgan fingerprint density at radius 1 is 1.67 bits per heavy atom. The first-order chi connectivity index (χ1) is 5.72. The Morgan fingerprint density at radius 2 is 2.42 bits per heavy atom. The van der Waals surface area contributed by atoms with Crippen LogP contribution < -0.4 is 0 Å². The van der Waals surface area contributed by atoms with Gasteiger partial charge in [0.1, 0.15) is 0 Å². The molecular weight excluding hydrogens is 170 g/mol. The molecule has 2 nitrogen and oxygen atoms in total. The summed E-state index contributed by atoms with van der Waals surface area (Å²) < 4.78 is 5.46. The number of ether oxygens (including phenoxy) is 1. The lowest BCUT2D eigenvalue weighted by molar-refractivity contribution is -0.0214.